The molecule has 5 aliphatic rings. The average molecular weight is 376 g/mol. The van der Waals surface area contributed by atoms with E-state index in [0.29, 0.717) is 31.1 Å². The summed E-state index contributed by atoms with van der Waals surface area (Å²) in [7, 11) is 0. The minimum absolute atomic E-state index is 0.0659. The van der Waals surface area contributed by atoms with Crippen LogP contribution in [0.3, 0.4) is 0 Å². The zero-order chi connectivity index (χ0) is 18.0. The molecule has 2 saturated heterocycles. The van der Waals surface area contributed by atoms with Crippen LogP contribution in [0.15, 0.2) is 16.9 Å². The number of ketones is 1. The number of hydrogen-bond donors (Lipinski definition) is 2. The average Bonchev–Trinajstić information content (AvgIpc) is 3.32. The lowest BCUT2D eigenvalue weighted by molar-refractivity contribution is -0.145. The highest BCUT2D eigenvalue weighted by Gasteiger charge is 2.70. The molecule has 0 aliphatic carbocycles. The lowest BCUT2D eigenvalue weighted by atomic mass is 9.72. The number of hydrogen-bond acceptors (Lipinski definition) is 7. The number of carbonyl (C=O) groups is 2. The molecule has 26 heavy (non-hydrogen) atoms. The molecular weight excluding hydrogens is 363 g/mol. The largest absolute Gasteiger partial charge is 0.480 e. The van der Waals surface area contributed by atoms with Gasteiger partial charge >= 0.3 is 5.97 Å². The summed E-state index contributed by atoms with van der Waals surface area (Å²) in [6.07, 6.45) is 0.0844. The number of nitrogens with zero attached hydrogens (tertiary/aromatic N) is 2. The Morgan fingerprint density at radius 2 is 2.23 bits per heavy atom. The second-order valence-electron chi connectivity index (χ2n) is 7.27. The molecule has 2 N–H and O–H groups in total. The van der Waals surface area contributed by atoms with Crippen molar-refractivity contribution in [3.05, 3.63) is 28.2 Å². The quantitative estimate of drug-likeness (QED) is 0.751. The molecule has 5 aliphatic heterocycles. The van der Waals surface area contributed by atoms with Gasteiger partial charge in [-0.15, -0.1) is 0 Å². The first-order valence-corrected chi connectivity index (χ1v) is 9.26. The normalized spacial score (nSPS) is 32.8. The number of allylic oxidation sites excluding steroid dienone is 1. The summed E-state index contributed by atoms with van der Waals surface area (Å²) in [5, 5.41) is 19.0. The van der Waals surface area contributed by atoms with Crippen LogP contribution in [0, 0.1) is 11.2 Å². The molecule has 3 atom stereocenters. The number of carbonyl (C=O) groups excluding carboxylic acids is 1. The van der Waals surface area contributed by atoms with E-state index in [1.165, 1.54) is 11.8 Å². The third kappa shape index (κ3) is 1.40. The van der Waals surface area contributed by atoms with Gasteiger partial charge in [0.25, 0.3) is 0 Å². The summed E-state index contributed by atoms with van der Waals surface area (Å²) in [6.45, 7) is 0.785. The number of thioether (sulfide) groups is 1. The first-order valence-electron chi connectivity index (χ1n) is 8.38. The van der Waals surface area contributed by atoms with Crippen molar-refractivity contribution in [1.82, 2.24) is 0 Å². The van der Waals surface area contributed by atoms with Gasteiger partial charge in [-0.1, -0.05) is 11.8 Å². The fourth-order valence-corrected chi connectivity index (χ4v) is 6.37. The van der Waals surface area contributed by atoms with Crippen LogP contribution < -0.4 is 14.5 Å². The third-order valence-electron chi connectivity index (χ3n) is 5.94. The fourth-order valence-electron chi connectivity index (χ4n) is 4.75. The van der Waals surface area contributed by atoms with Crippen LogP contribution in [0.25, 0.3) is 0 Å². The van der Waals surface area contributed by atoms with Gasteiger partial charge in [0.15, 0.2) is 22.8 Å². The smallest absolute Gasteiger partial charge is 0.321 e. The molecule has 0 saturated carbocycles. The van der Waals surface area contributed by atoms with Gasteiger partial charge in [-0.2, -0.15) is 0 Å². The maximum absolute atomic E-state index is 15.0. The Bertz CT molecular complexity index is 978. The monoisotopic (exact) mass is 376 g/mol. The molecule has 134 valence electrons. The zero-order valence-electron chi connectivity index (χ0n) is 13.4. The molecule has 0 aromatic heterocycles. The number of benzene rings is 1. The molecule has 7 nitrogen and oxygen atoms in total. The number of anilines is 2. The van der Waals surface area contributed by atoms with Crippen molar-refractivity contribution >= 4 is 34.9 Å². The SMILES string of the molecule is O=C(O)C12CC3=C4Oc5c(N6CCC(O)C6)c(F)cc(c5N4C1S3)C2=O. The summed E-state index contributed by atoms with van der Waals surface area (Å²) < 4.78 is 20.9. The standard InChI is InChI=1S/C17H13FN2O5S/c18-8-3-7-10-12(11(8)19-2-1-6(21)5-19)25-14-9-4-17(13(7)22,16(23)24)15(26-9)20(10)14/h3,6,15,21H,1-2,4-5H2,(H,23,24). The van der Waals surface area contributed by atoms with Crippen molar-refractivity contribution in [3.8, 4) is 5.75 Å². The number of rotatable bonds is 2. The Kier molecular flexibility index (Phi) is 2.48. The van der Waals surface area contributed by atoms with Gasteiger partial charge in [0.1, 0.15) is 16.7 Å². The molecule has 9 heteroatoms. The van der Waals surface area contributed by atoms with Crippen LogP contribution in [0.1, 0.15) is 23.2 Å². The van der Waals surface area contributed by atoms with Crippen molar-refractivity contribution < 1.29 is 28.9 Å². The Balaban J connectivity index is 1.63. The van der Waals surface area contributed by atoms with Crippen molar-refractivity contribution in [1.29, 1.82) is 0 Å². The number of aliphatic hydroxyl groups excluding tert-OH is 1. The van der Waals surface area contributed by atoms with E-state index < -0.39 is 34.5 Å². The van der Waals surface area contributed by atoms with Crippen LogP contribution in [-0.2, 0) is 4.79 Å². The predicted octanol–water partition coefficient (Wildman–Crippen LogP) is 1.51. The number of β-amino-alcohol motifs (C(OH)–C–C–N with tert-alkyl or cyclic N) is 1. The maximum atomic E-state index is 15.0. The van der Waals surface area contributed by atoms with E-state index >= 15 is 0 Å². The van der Waals surface area contributed by atoms with Gasteiger partial charge in [-0.3, -0.25) is 14.5 Å². The lowest BCUT2D eigenvalue weighted by Gasteiger charge is -2.40. The number of aliphatic carboxylic acids is 1. The highest BCUT2D eigenvalue weighted by atomic mass is 32.2. The lowest BCUT2D eigenvalue weighted by Crippen LogP contribution is -2.56. The van der Waals surface area contributed by atoms with Gasteiger partial charge in [0.2, 0.25) is 5.88 Å². The molecular formula is C17H13FN2O5S. The summed E-state index contributed by atoms with van der Waals surface area (Å²) in [6, 6.07) is 1.13. The van der Waals surface area contributed by atoms with E-state index in [2.05, 4.69) is 0 Å². The second kappa shape index (κ2) is 4.34. The molecule has 2 bridgehead atoms. The van der Waals surface area contributed by atoms with Crippen LogP contribution in [-0.4, -0.2) is 46.5 Å². The second-order valence-corrected chi connectivity index (χ2v) is 8.45. The number of carboxylic acids is 1. The van der Waals surface area contributed by atoms with E-state index in [4.69, 9.17) is 4.74 Å². The summed E-state index contributed by atoms with van der Waals surface area (Å²) >= 11 is 1.34. The van der Waals surface area contributed by atoms with Crippen LogP contribution >= 0.6 is 11.8 Å². The van der Waals surface area contributed by atoms with E-state index in [0.717, 1.165) is 11.0 Å². The van der Waals surface area contributed by atoms with Crippen LogP contribution in [0.4, 0.5) is 15.8 Å². The third-order valence-corrected chi connectivity index (χ3v) is 7.38. The zero-order valence-corrected chi connectivity index (χ0v) is 14.2. The van der Waals surface area contributed by atoms with Crippen molar-refractivity contribution in [3.63, 3.8) is 0 Å². The minimum Gasteiger partial charge on any atom is -0.480 e. The fraction of sp³-hybridized carbons (Fsp3) is 0.412. The molecule has 1 aromatic rings. The van der Waals surface area contributed by atoms with E-state index in [1.807, 2.05) is 0 Å². The number of halogens is 1. The molecule has 0 amide bonds. The number of ether oxygens (including phenoxy) is 1. The first-order chi connectivity index (χ1) is 12.4. The molecule has 6 rings (SSSR count). The minimum atomic E-state index is -1.58. The maximum Gasteiger partial charge on any atom is 0.321 e. The van der Waals surface area contributed by atoms with Gasteiger partial charge in [0.05, 0.1) is 6.10 Å². The van der Waals surface area contributed by atoms with Crippen LogP contribution in [0.2, 0.25) is 0 Å². The van der Waals surface area contributed by atoms with Gasteiger partial charge < -0.3 is 19.8 Å². The summed E-state index contributed by atoms with van der Waals surface area (Å²) in [4.78, 5) is 29.3. The predicted molar refractivity (Wildman–Crippen MR) is 89.8 cm³/mol. The van der Waals surface area contributed by atoms with Gasteiger partial charge in [0, 0.05) is 30.0 Å². The van der Waals surface area contributed by atoms with Crippen molar-refractivity contribution in [2.75, 3.05) is 22.9 Å². The summed E-state index contributed by atoms with van der Waals surface area (Å²) in [5.74, 6) is -1.58. The Morgan fingerprint density at radius 1 is 1.42 bits per heavy atom. The Labute approximate surface area is 151 Å². The molecule has 5 heterocycles. The Morgan fingerprint density at radius 3 is 2.92 bits per heavy atom. The Hall–Kier alpha value is -2.26. The van der Waals surface area contributed by atoms with E-state index in [1.54, 1.807) is 9.80 Å². The molecule has 0 radical (unpaired) electrons. The molecule has 1 aromatic carbocycles. The highest BCUT2D eigenvalue weighted by molar-refractivity contribution is 8.04. The number of aliphatic hydroxyl groups is 1. The number of carboxylic acid groups (broad SMARTS) is 1. The van der Waals surface area contributed by atoms with Gasteiger partial charge in [-0.25, -0.2) is 4.39 Å². The summed E-state index contributed by atoms with van der Waals surface area (Å²) in [5.41, 5.74) is -0.815. The highest BCUT2D eigenvalue weighted by Crippen LogP contribution is 2.69. The van der Waals surface area contributed by atoms with Crippen molar-refractivity contribution in [2.45, 2.75) is 24.3 Å². The van der Waals surface area contributed by atoms with Crippen LogP contribution in [0.5, 0.6) is 5.75 Å². The van der Waals surface area contributed by atoms with Crippen molar-refractivity contribution in [2.24, 2.45) is 5.41 Å². The first kappa shape index (κ1) is 14.9. The van der Waals surface area contributed by atoms with E-state index in [-0.39, 0.29) is 23.4 Å². The number of fused-ring (bicyclic) bond motifs is 1. The topological polar surface area (TPSA) is 90.3 Å². The van der Waals surface area contributed by atoms with Gasteiger partial charge in [-0.05, 0) is 12.5 Å². The molecule has 3 unspecified atom stereocenters. The van der Waals surface area contributed by atoms with E-state index in [9.17, 15) is 24.2 Å². The number of Topliss-reactive ketones (excluding diaryl/α,β-unsaturated/α-hetero) is 1. The molecule has 2 fully saturated rings. The molecule has 0 spiro atoms.